The molecule has 0 spiro atoms. The second-order valence-electron chi connectivity index (χ2n) is 6.51. The quantitative estimate of drug-likeness (QED) is 0.310. The predicted octanol–water partition coefficient (Wildman–Crippen LogP) is 0.0935. The largest absolute Gasteiger partial charge is 0.469 e. The minimum absolute atomic E-state index is 0.0407. The van der Waals surface area contributed by atoms with E-state index in [1.807, 2.05) is 30.3 Å². The van der Waals surface area contributed by atoms with Gasteiger partial charge >= 0.3 is 7.12 Å². The van der Waals surface area contributed by atoms with Crippen molar-refractivity contribution in [1.82, 2.24) is 10.2 Å². The molecule has 1 unspecified atom stereocenters. The summed E-state index contributed by atoms with van der Waals surface area (Å²) >= 11 is 0. The number of benzene rings is 1. The van der Waals surface area contributed by atoms with E-state index in [1.54, 1.807) is 7.05 Å². The van der Waals surface area contributed by atoms with Crippen LogP contribution in [-0.2, 0) is 16.0 Å². The van der Waals surface area contributed by atoms with Crippen LogP contribution in [-0.4, -0.2) is 60.0 Å². The summed E-state index contributed by atoms with van der Waals surface area (Å²) in [6, 6.07) is 10.00. The summed E-state index contributed by atoms with van der Waals surface area (Å²) in [7, 11) is 0.123. The number of unbranched alkanes of at least 4 members (excludes halogenated alkanes) is 1. The molecule has 8 heteroatoms. The zero-order valence-corrected chi connectivity index (χ0v) is 15.4. The van der Waals surface area contributed by atoms with Crippen molar-refractivity contribution in [1.29, 1.82) is 0 Å². The third kappa shape index (κ3) is 9.55. The van der Waals surface area contributed by atoms with Crippen molar-refractivity contribution in [3.8, 4) is 0 Å². The SMILES string of the molecule is CN(CC(=O)NCCCCC(N)B(O)O)C(=O)CCCc1ccccc1. The van der Waals surface area contributed by atoms with Gasteiger partial charge in [0.1, 0.15) is 0 Å². The first-order chi connectivity index (χ1) is 12.4. The van der Waals surface area contributed by atoms with Crippen LogP contribution in [0.15, 0.2) is 30.3 Å². The summed E-state index contributed by atoms with van der Waals surface area (Å²) in [6.45, 7) is 0.516. The van der Waals surface area contributed by atoms with Gasteiger partial charge in [-0.25, -0.2) is 0 Å². The highest BCUT2D eigenvalue weighted by atomic mass is 16.4. The van der Waals surface area contributed by atoms with E-state index >= 15 is 0 Å². The molecule has 0 bridgehead atoms. The molecule has 5 N–H and O–H groups in total. The molecule has 0 heterocycles. The van der Waals surface area contributed by atoms with Gasteiger partial charge in [-0.1, -0.05) is 36.8 Å². The van der Waals surface area contributed by atoms with Crippen LogP contribution in [0.3, 0.4) is 0 Å². The number of rotatable bonds is 12. The summed E-state index contributed by atoms with van der Waals surface area (Å²) in [5, 5.41) is 20.5. The molecule has 0 saturated heterocycles. The van der Waals surface area contributed by atoms with Gasteiger partial charge in [0, 0.05) is 26.0 Å². The van der Waals surface area contributed by atoms with E-state index in [1.165, 1.54) is 10.5 Å². The van der Waals surface area contributed by atoms with Crippen molar-refractivity contribution >= 4 is 18.9 Å². The van der Waals surface area contributed by atoms with Gasteiger partial charge in [0.2, 0.25) is 11.8 Å². The molecule has 0 fully saturated rings. The molecule has 1 aromatic carbocycles. The molecular formula is C18H30BN3O4. The number of nitrogens with one attached hydrogen (secondary N) is 1. The van der Waals surface area contributed by atoms with Gasteiger partial charge in [0.05, 0.1) is 6.54 Å². The monoisotopic (exact) mass is 363 g/mol. The van der Waals surface area contributed by atoms with Crippen molar-refractivity contribution in [2.45, 2.75) is 44.5 Å². The van der Waals surface area contributed by atoms with Crippen LogP contribution in [0.25, 0.3) is 0 Å². The Morgan fingerprint density at radius 1 is 1.19 bits per heavy atom. The van der Waals surface area contributed by atoms with Crippen molar-refractivity contribution in [2.75, 3.05) is 20.1 Å². The molecular weight excluding hydrogens is 333 g/mol. The van der Waals surface area contributed by atoms with Gasteiger partial charge in [-0.2, -0.15) is 0 Å². The second kappa shape index (κ2) is 12.5. The molecule has 1 rings (SSSR count). The van der Waals surface area contributed by atoms with Crippen LogP contribution >= 0.6 is 0 Å². The van der Waals surface area contributed by atoms with Gasteiger partial charge in [0.15, 0.2) is 0 Å². The smallest absolute Gasteiger partial charge is 0.426 e. The highest BCUT2D eigenvalue weighted by Crippen LogP contribution is 2.06. The molecule has 0 aliphatic heterocycles. The Balaban J connectivity index is 2.11. The Bertz CT molecular complexity index is 542. The fourth-order valence-corrected chi connectivity index (χ4v) is 2.52. The summed E-state index contributed by atoms with van der Waals surface area (Å²) in [5.74, 6) is -0.903. The van der Waals surface area contributed by atoms with Crippen LogP contribution in [0.5, 0.6) is 0 Å². The van der Waals surface area contributed by atoms with Gasteiger partial charge < -0.3 is 26.0 Å². The fraction of sp³-hybridized carbons (Fsp3) is 0.556. The number of carbonyl (C=O) groups excluding carboxylic acids is 2. The molecule has 2 amide bonds. The normalized spacial score (nSPS) is 11.7. The minimum atomic E-state index is -1.51. The van der Waals surface area contributed by atoms with Crippen molar-refractivity contribution in [3.63, 3.8) is 0 Å². The molecule has 7 nitrogen and oxygen atoms in total. The van der Waals surface area contributed by atoms with Gasteiger partial charge in [-0.3, -0.25) is 9.59 Å². The highest BCUT2D eigenvalue weighted by Gasteiger charge is 2.17. The molecule has 0 aliphatic rings. The number of hydrogen-bond donors (Lipinski definition) is 4. The van der Waals surface area contributed by atoms with Crippen LogP contribution in [0.2, 0.25) is 0 Å². The van der Waals surface area contributed by atoms with Crippen LogP contribution < -0.4 is 11.1 Å². The maximum Gasteiger partial charge on any atom is 0.469 e. The average Bonchev–Trinajstić information content (AvgIpc) is 2.61. The van der Waals surface area contributed by atoms with E-state index in [0.29, 0.717) is 32.2 Å². The third-order valence-corrected chi connectivity index (χ3v) is 4.17. The molecule has 26 heavy (non-hydrogen) atoms. The van der Waals surface area contributed by atoms with Gasteiger partial charge in [-0.05, 0) is 31.2 Å². The van der Waals surface area contributed by atoms with E-state index in [0.717, 1.165) is 12.8 Å². The summed E-state index contributed by atoms with van der Waals surface area (Å²) in [6.07, 6.45) is 3.88. The third-order valence-electron chi connectivity index (χ3n) is 4.17. The van der Waals surface area contributed by atoms with E-state index in [-0.39, 0.29) is 18.4 Å². The number of hydrogen-bond acceptors (Lipinski definition) is 5. The zero-order chi connectivity index (χ0) is 19.4. The molecule has 0 aromatic heterocycles. The Hall–Kier alpha value is -1.90. The fourth-order valence-electron chi connectivity index (χ4n) is 2.52. The van der Waals surface area contributed by atoms with E-state index in [9.17, 15) is 9.59 Å². The second-order valence-corrected chi connectivity index (χ2v) is 6.51. The number of nitrogens with zero attached hydrogens (tertiary/aromatic N) is 1. The van der Waals surface area contributed by atoms with Gasteiger partial charge in [-0.15, -0.1) is 0 Å². The van der Waals surface area contributed by atoms with E-state index in [4.69, 9.17) is 15.8 Å². The molecule has 0 aliphatic carbocycles. The lowest BCUT2D eigenvalue weighted by Gasteiger charge is -2.17. The summed E-state index contributed by atoms with van der Waals surface area (Å²) in [4.78, 5) is 25.4. The van der Waals surface area contributed by atoms with Crippen molar-refractivity contribution < 1.29 is 19.6 Å². The van der Waals surface area contributed by atoms with E-state index < -0.39 is 13.1 Å². The number of aryl methyl sites for hydroxylation is 1. The number of carbonyl (C=O) groups is 2. The molecule has 0 radical (unpaired) electrons. The summed E-state index contributed by atoms with van der Waals surface area (Å²) < 4.78 is 0. The molecule has 144 valence electrons. The lowest BCUT2D eigenvalue weighted by Crippen LogP contribution is -2.39. The van der Waals surface area contributed by atoms with E-state index in [2.05, 4.69) is 5.32 Å². The molecule has 1 aromatic rings. The summed E-state index contributed by atoms with van der Waals surface area (Å²) in [5.41, 5.74) is 6.71. The highest BCUT2D eigenvalue weighted by molar-refractivity contribution is 6.43. The molecule has 1 atom stereocenters. The lowest BCUT2D eigenvalue weighted by atomic mass is 9.77. The first-order valence-corrected chi connectivity index (χ1v) is 9.06. The van der Waals surface area contributed by atoms with Crippen LogP contribution in [0.1, 0.15) is 37.7 Å². The first-order valence-electron chi connectivity index (χ1n) is 9.06. The molecule has 0 saturated carbocycles. The topological polar surface area (TPSA) is 116 Å². The van der Waals surface area contributed by atoms with Crippen molar-refractivity contribution in [2.24, 2.45) is 5.73 Å². The Morgan fingerprint density at radius 2 is 1.88 bits per heavy atom. The Labute approximate surface area is 155 Å². The number of likely N-dealkylation sites (N-methyl/N-ethyl adjacent to an activating group) is 1. The average molecular weight is 363 g/mol. The zero-order valence-electron chi connectivity index (χ0n) is 15.4. The Morgan fingerprint density at radius 3 is 2.54 bits per heavy atom. The lowest BCUT2D eigenvalue weighted by molar-refractivity contribution is -0.134. The number of amides is 2. The maximum absolute atomic E-state index is 12.1. The predicted molar refractivity (Wildman–Crippen MR) is 102 cm³/mol. The minimum Gasteiger partial charge on any atom is -0.426 e. The van der Waals surface area contributed by atoms with Crippen LogP contribution in [0, 0.1) is 0 Å². The maximum atomic E-state index is 12.1. The first kappa shape index (κ1) is 22.1. The van der Waals surface area contributed by atoms with Crippen LogP contribution in [0.4, 0.5) is 0 Å². The number of nitrogens with two attached hydrogens (primary N) is 1. The van der Waals surface area contributed by atoms with Gasteiger partial charge in [0.25, 0.3) is 0 Å². The standard InChI is InChI=1S/C18H30BN3O4/c1-22(18(24)12-7-10-15-8-3-2-4-9-15)14-17(23)21-13-6-5-11-16(20)19(25)26/h2-4,8-9,16,25-26H,5-7,10-14,20H2,1H3,(H,21,23). The Kier molecular flexibility index (Phi) is 10.6. The van der Waals surface area contributed by atoms with Crippen molar-refractivity contribution in [3.05, 3.63) is 35.9 Å².